The maximum Gasteiger partial charge on any atom is 0.216 e. The first kappa shape index (κ1) is 18.5. The molecule has 0 unspecified atom stereocenters. The van der Waals surface area contributed by atoms with Crippen LogP contribution >= 0.6 is 35.3 Å². The van der Waals surface area contributed by atoms with Gasteiger partial charge in [-0.2, -0.15) is 11.3 Å². The molecule has 128 valence electrons. The van der Waals surface area contributed by atoms with Crippen LogP contribution in [0.2, 0.25) is 0 Å². The summed E-state index contributed by atoms with van der Waals surface area (Å²) in [6.45, 7) is 3.98. The number of guanidine groups is 1. The molecule has 0 saturated heterocycles. The topological polar surface area (TPSA) is 91.1 Å². The fourth-order valence-corrected chi connectivity index (χ4v) is 2.61. The predicted molar refractivity (Wildman–Crippen MR) is 105 cm³/mol. The Morgan fingerprint density at radius 3 is 3.00 bits per heavy atom. The molecule has 3 N–H and O–H groups in total. The normalized spacial score (nSPS) is 11.1. The Bertz CT molecular complexity index is 738. The molecule has 0 atom stereocenters. The molecule has 0 aliphatic heterocycles. The molecule has 7 nitrogen and oxygen atoms in total. The van der Waals surface area contributed by atoms with E-state index in [-0.39, 0.29) is 24.0 Å². The monoisotopic (exact) mass is 458 g/mol. The second-order valence-electron chi connectivity index (χ2n) is 4.76. The van der Waals surface area contributed by atoms with E-state index in [0.29, 0.717) is 24.7 Å². The van der Waals surface area contributed by atoms with Gasteiger partial charge < -0.3 is 15.1 Å². The number of hydrogen-bond acceptors (Lipinski definition) is 5. The predicted octanol–water partition coefficient (Wildman–Crippen LogP) is 3.00. The van der Waals surface area contributed by atoms with Crippen LogP contribution in [-0.4, -0.2) is 27.7 Å². The molecule has 0 aliphatic carbocycles. The van der Waals surface area contributed by atoms with Crippen molar-refractivity contribution in [1.82, 2.24) is 25.8 Å². The molecule has 0 bridgehead atoms. The third-order valence-electron chi connectivity index (χ3n) is 3.04. The van der Waals surface area contributed by atoms with Gasteiger partial charge in [-0.05, 0) is 41.4 Å². The molecule has 0 fully saturated rings. The summed E-state index contributed by atoms with van der Waals surface area (Å²) in [7, 11) is 0. The second kappa shape index (κ2) is 9.42. The number of aliphatic imine (C=N–C) groups is 1. The Hall–Kier alpha value is -1.88. The van der Waals surface area contributed by atoms with Crippen molar-refractivity contribution in [3.63, 3.8) is 0 Å². The van der Waals surface area contributed by atoms with E-state index < -0.39 is 0 Å². The summed E-state index contributed by atoms with van der Waals surface area (Å²) in [6, 6.07) is 5.71. The van der Waals surface area contributed by atoms with E-state index >= 15 is 0 Å². The summed E-state index contributed by atoms with van der Waals surface area (Å²) in [6.07, 6.45) is 1.60. The van der Waals surface area contributed by atoms with Gasteiger partial charge in [0.2, 0.25) is 5.82 Å². The van der Waals surface area contributed by atoms with Crippen LogP contribution < -0.4 is 10.6 Å². The molecule has 0 aromatic carbocycles. The standard InChI is InChI=1S/C15H18N6OS.HI/c1-2-16-15(17-8-11-5-7-23-10-11)18-9-13-19-14(21-20-13)12-4-3-6-22-12;/h3-7,10H,2,8-9H2,1H3,(H2,16,17,18)(H,19,20,21);1H. The minimum absolute atomic E-state index is 0. The van der Waals surface area contributed by atoms with Crippen molar-refractivity contribution in [2.45, 2.75) is 20.0 Å². The number of furan rings is 1. The van der Waals surface area contributed by atoms with Gasteiger partial charge in [0.15, 0.2) is 11.7 Å². The average molecular weight is 458 g/mol. The number of halogens is 1. The van der Waals surface area contributed by atoms with Crippen LogP contribution in [-0.2, 0) is 13.1 Å². The number of aromatic nitrogens is 3. The molecule has 24 heavy (non-hydrogen) atoms. The third-order valence-corrected chi connectivity index (χ3v) is 3.77. The summed E-state index contributed by atoms with van der Waals surface area (Å²) in [5.41, 5.74) is 1.20. The molecule has 0 saturated carbocycles. The average Bonchev–Trinajstić information content (AvgIpc) is 3.32. The first-order chi connectivity index (χ1) is 11.3. The van der Waals surface area contributed by atoms with Crippen molar-refractivity contribution < 1.29 is 4.42 Å². The fourth-order valence-electron chi connectivity index (χ4n) is 1.95. The molecule has 3 aromatic rings. The lowest BCUT2D eigenvalue weighted by molar-refractivity contribution is 0.577. The van der Waals surface area contributed by atoms with Crippen LogP contribution in [0, 0.1) is 0 Å². The zero-order valence-electron chi connectivity index (χ0n) is 13.2. The smallest absolute Gasteiger partial charge is 0.216 e. The first-order valence-electron chi connectivity index (χ1n) is 7.33. The van der Waals surface area contributed by atoms with E-state index in [1.165, 1.54) is 5.56 Å². The van der Waals surface area contributed by atoms with Crippen molar-refractivity contribution in [1.29, 1.82) is 0 Å². The first-order valence-corrected chi connectivity index (χ1v) is 8.28. The molecule has 0 aliphatic rings. The summed E-state index contributed by atoms with van der Waals surface area (Å²) in [4.78, 5) is 8.94. The van der Waals surface area contributed by atoms with Crippen molar-refractivity contribution in [2.75, 3.05) is 6.54 Å². The molecule has 0 spiro atoms. The molecule has 0 radical (unpaired) electrons. The highest BCUT2D eigenvalue weighted by molar-refractivity contribution is 14.0. The van der Waals surface area contributed by atoms with Gasteiger partial charge in [0.05, 0.1) is 19.4 Å². The van der Waals surface area contributed by atoms with Crippen LogP contribution in [0.25, 0.3) is 11.6 Å². The number of thiophene rings is 1. The summed E-state index contributed by atoms with van der Waals surface area (Å²) in [5, 5.41) is 17.6. The van der Waals surface area contributed by atoms with Gasteiger partial charge in [-0.15, -0.1) is 29.1 Å². The van der Waals surface area contributed by atoms with Crippen LogP contribution in [0.5, 0.6) is 0 Å². The molecule has 9 heteroatoms. The second-order valence-corrected chi connectivity index (χ2v) is 5.54. The minimum atomic E-state index is 0. The SMILES string of the molecule is CCNC(=NCc1ccsc1)NCc1nc(-c2ccco2)n[nH]1.I. The Morgan fingerprint density at radius 1 is 1.38 bits per heavy atom. The summed E-state index contributed by atoms with van der Waals surface area (Å²) >= 11 is 1.67. The van der Waals surface area contributed by atoms with E-state index in [0.717, 1.165) is 18.3 Å². The molecular formula is C15H19IN6OS. The number of hydrogen-bond donors (Lipinski definition) is 3. The highest BCUT2D eigenvalue weighted by Crippen LogP contribution is 2.14. The Morgan fingerprint density at radius 2 is 2.29 bits per heavy atom. The maximum absolute atomic E-state index is 5.28. The van der Waals surface area contributed by atoms with E-state index in [4.69, 9.17) is 4.42 Å². The van der Waals surface area contributed by atoms with Crippen LogP contribution in [0.15, 0.2) is 44.6 Å². The van der Waals surface area contributed by atoms with Crippen molar-refractivity contribution >= 4 is 41.3 Å². The number of nitrogens with zero attached hydrogens (tertiary/aromatic N) is 3. The largest absolute Gasteiger partial charge is 0.461 e. The Kier molecular flexibility index (Phi) is 7.25. The van der Waals surface area contributed by atoms with Gasteiger partial charge in [-0.3, -0.25) is 5.10 Å². The molecular weight excluding hydrogens is 439 g/mol. The Balaban J connectivity index is 0.00000208. The lowest BCUT2D eigenvalue weighted by Gasteiger charge is -2.09. The number of rotatable bonds is 6. The number of H-pyrrole nitrogens is 1. The lowest BCUT2D eigenvalue weighted by atomic mass is 10.3. The third kappa shape index (κ3) is 5.06. The number of nitrogens with one attached hydrogen (secondary N) is 3. The highest BCUT2D eigenvalue weighted by atomic mass is 127. The zero-order chi connectivity index (χ0) is 15.9. The lowest BCUT2D eigenvalue weighted by Crippen LogP contribution is -2.37. The highest BCUT2D eigenvalue weighted by Gasteiger charge is 2.08. The van der Waals surface area contributed by atoms with Gasteiger partial charge in [-0.25, -0.2) is 9.98 Å². The summed E-state index contributed by atoms with van der Waals surface area (Å²) < 4.78 is 5.28. The van der Waals surface area contributed by atoms with E-state index in [9.17, 15) is 0 Å². The molecule has 0 amide bonds. The van der Waals surface area contributed by atoms with Crippen molar-refractivity contribution in [2.24, 2.45) is 4.99 Å². The van der Waals surface area contributed by atoms with Crippen LogP contribution in [0.4, 0.5) is 0 Å². The molecule has 3 aromatic heterocycles. The van der Waals surface area contributed by atoms with E-state index in [2.05, 4.69) is 47.6 Å². The van der Waals surface area contributed by atoms with Gasteiger partial charge >= 0.3 is 0 Å². The van der Waals surface area contributed by atoms with Gasteiger partial charge in [-0.1, -0.05) is 0 Å². The zero-order valence-corrected chi connectivity index (χ0v) is 16.3. The van der Waals surface area contributed by atoms with Gasteiger partial charge in [0.1, 0.15) is 5.82 Å². The Labute approximate surface area is 161 Å². The van der Waals surface area contributed by atoms with Crippen LogP contribution in [0.3, 0.4) is 0 Å². The van der Waals surface area contributed by atoms with E-state index in [1.807, 2.05) is 19.1 Å². The van der Waals surface area contributed by atoms with Crippen molar-refractivity contribution in [3.05, 3.63) is 46.6 Å². The number of aromatic amines is 1. The summed E-state index contributed by atoms with van der Waals surface area (Å²) in [5.74, 6) is 2.66. The maximum atomic E-state index is 5.28. The van der Waals surface area contributed by atoms with Gasteiger partial charge in [0, 0.05) is 6.54 Å². The van der Waals surface area contributed by atoms with Gasteiger partial charge in [0.25, 0.3) is 0 Å². The molecule has 3 rings (SSSR count). The molecule has 3 heterocycles. The van der Waals surface area contributed by atoms with Crippen molar-refractivity contribution in [3.8, 4) is 11.6 Å². The minimum Gasteiger partial charge on any atom is -0.461 e. The van der Waals surface area contributed by atoms with E-state index in [1.54, 1.807) is 17.6 Å². The quantitative estimate of drug-likeness (QED) is 0.300. The van der Waals surface area contributed by atoms with Crippen LogP contribution in [0.1, 0.15) is 18.3 Å². The fraction of sp³-hybridized carbons (Fsp3) is 0.267.